The van der Waals surface area contributed by atoms with Crippen molar-refractivity contribution in [3.8, 4) is 5.69 Å². The summed E-state index contributed by atoms with van der Waals surface area (Å²) >= 11 is 6.22. The Morgan fingerprint density at radius 2 is 1.70 bits per heavy atom. The van der Waals surface area contributed by atoms with Crippen molar-refractivity contribution < 1.29 is 9.59 Å². The van der Waals surface area contributed by atoms with Crippen molar-refractivity contribution in [2.45, 2.75) is 27.7 Å². The van der Waals surface area contributed by atoms with E-state index in [0.717, 1.165) is 17.1 Å². The first-order valence-corrected chi connectivity index (χ1v) is 10.3. The van der Waals surface area contributed by atoms with E-state index in [2.05, 4.69) is 10.4 Å². The fraction of sp³-hybridized carbons (Fsp3) is 0.261. The van der Waals surface area contributed by atoms with Crippen LogP contribution in [0.3, 0.4) is 0 Å². The Bertz CT molecular complexity index is 1070. The maximum atomic E-state index is 12.7. The molecule has 30 heavy (non-hydrogen) atoms. The first kappa shape index (κ1) is 21.6. The first-order chi connectivity index (χ1) is 14.3. The molecule has 2 aromatic carbocycles. The largest absolute Gasteiger partial charge is 0.339 e. The van der Waals surface area contributed by atoms with Crippen molar-refractivity contribution >= 4 is 29.1 Å². The fourth-order valence-electron chi connectivity index (χ4n) is 3.26. The van der Waals surface area contributed by atoms with Gasteiger partial charge in [-0.05, 0) is 70.2 Å². The number of carbonyl (C=O) groups is 2. The van der Waals surface area contributed by atoms with Crippen molar-refractivity contribution in [1.82, 2.24) is 14.7 Å². The summed E-state index contributed by atoms with van der Waals surface area (Å²) in [6.07, 6.45) is 0. The Labute approximate surface area is 181 Å². The molecule has 7 heteroatoms. The van der Waals surface area contributed by atoms with Crippen molar-refractivity contribution in [2.24, 2.45) is 0 Å². The Kier molecular flexibility index (Phi) is 6.57. The molecule has 156 valence electrons. The molecule has 6 nitrogen and oxygen atoms in total. The number of nitrogens with one attached hydrogen (secondary N) is 1. The minimum Gasteiger partial charge on any atom is -0.339 e. The highest BCUT2D eigenvalue weighted by Crippen LogP contribution is 2.23. The number of benzene rings is 2. The highest BCUT2D eigenvalue weighted by atomic mass is 35.5. The van der Waals surface area contributed by atoms with Gasteiger partial charge in [-0.2, -0.15) is 5.10 Å². The number of aryl methyl sites for hydroxylation is 1. The zero-order valence-electron chi connectivity index (χ0n) is 17.6. The molecule has 0 bridgehead atoms. The molecule has 0 fully saturated rings. The molecule has 0 saturated heterocycles. The second kappa shape index (κ2) is 9.13. The molecule has 0 aliphatic heterocycles. The van der Waals surface area contributed by atoms with E-state index < -0.39 is 0 Å². The molecule has 0 unspecified atom stereocenters. The van der Waals surface area contributed by atoms with Gasteiger partial charge in [-0.1, -0.05) is 17.7 Å². The Hall–Kier alpha value is -3.12. The molecular formula is C23H25ClN4O2. The number of rotatable bonds is 6. The topological polar surface area (TPSA) is 67.2 Å². The van der Waals surface area contributed by atoms with Crippen LogP contribution in [0.1, 0.15) is 46.0 Å². The lowest BCUT2D eigenvalue weighted by atomic mass is 10.1. The maximum Gasteiger partial charge on any atom is 0.255 e. The summed E-state index contributed by atoms with van der Waals surface area (Å²) in [7, 11) is 0. The molecule has 1 heterocycles. The lowest BCUT2D eigenvalue weighted by Gasteiger charge is -2.19. The van der Waals surface area contributed by atoms with Crippen LogP contribution in [0.2, 0.25) is 5.02 Å². The van der Waals surface area contributed by atoms with Crippen LogP contribution in [0.15, 0.2) is 48.5 Å². The monoisotopic (exact) mass is 424 g/mol. The van der Waals surface area contributed by atoms with Crippen molar-refractivity contribution in [2.75, 3.05) is 18.4 Å². The summed E-state index contributed by atoms with van der Waals surface area (Å²) in [6, 6.07) is 14.1. The van der Waals surface area contributed by atoms with Crippen LogP contribution < -0.4 is 5.32 Å². The molecule has 0 radical (unpaired) electrons. The van der Waals surface area contributed by atoms with Gasteiger partial charge in [0.15, 0.2) is 0 Å². The number of hydrogen-bond donors (Lipinski definition) is 1. The molecule has 0 aliphatic carbocycles. The molecule has 2 amide bonds. The highest BCUT2D eigenvalue weighted by molar-refractivity contribution is 6.31. The van der Waals surface area contributed by atoms with Gasteiger partial charge in [0.25, 0.3) is 11.8 Å². The van der Waals surface area contributed by atoms with E-state index in [1.165, 1.54) is 0 Å². The molecule has 1 aromatic heterocycles. The van der Waals surface area contributed by atoms with Crippen molar-refractivity contribution in [1.29, 1.82) is 0 Å². The second-order valence-corrected chi connectivity index (χ2v) is 7.33. The van der Waals surface area contributed by atoms with Crippen LogP contribution in [-0.4, -0.2) is 39.6 Å². The molecule has 3 aromatic rings. The molecule has 1 N–H and O–H groups in total. The molecular weight excluding hydrogens is 400 g/mol. The molecule has 3 rings (SSSR count). The van der Waals surface area contributed by atoms with E-state index in [1.807, 2.05) is 39.8 Å². The Morgan fingerprint density at radius 1 is 1.03 bits per heavy atom. The third-order valence-corrected chi connectivity index (χ3v) is 5.54. The summed E-state index contributed by atoms with van der Waals surface area (Å²) < 4.78 is 1.75. The Balaban J connectivity index is 1.76. The molecule has 0 aliphatic rings. The van der Waals surface area contributed by atoms with E-state index >= 15 is 0 Å². The van der Waals surface area contributed by atoms with Gasteiger partial charge in [0.1, 0.15) is 0 Å². The minimum absolute atomic E-state index is 0.0519. The standard InChI is InChI=1S/C23H25ClN4O2/c1-5-27(6-2)23(30)18-8-7-9-19(14-18)25-22(29)17-10-12-20(13-11-17)28-16(4)21(24)15(3)26-28/h7-14H,5-6H2,1-4H3,(H,25,29). The van der Waals surface area contributed by atoms with Gasteiger partial charge in [0, 0.05) is 29.9 Å². The summed E-state index contributed by atoms with van der Waals surface area (Å²) in [5, 5.41) is 7.92. The van der Waals surface area contributed by atoms with Gasteiger partial charge < -0.3 is 10.2 Å². The van der Waals surface area contributed by atoms with Gasteiger partial charge in [0.05, 0.1) is 22.1 Å². The average molecular weight is 425 g/mol. The average Bonchev–Trinajstić information content (AvgIpc) is 3.02. The predicted molar refractivity (Wildman–Crippen MR) is 120 cm³/mol. The lowest BCUT2D eigenvalue weighted by Crippen LogP contribution is -2.30. The quantitative estimate of drug-likeness (QED) is 0.613. The van der Waals surface area contributed by atoms with Gasteiger partial charge in [0.2, 0.25) is 0 Å². The molecule has 0 atom stereocenters. The normalized spacial score (nSPS) is 10.7. The fourth-order valence-corrected chi connectivity index (χ4v) is 3.37. The predicted octanol–water partition coefficient (Wildman–Crippen LogP) is 4.88. The van der Waals surface area contributed by atoms with Crippen LogP contribution in [0.25, 0.3) is 5.69 Å². The zero-order chi connectivity index (χ0) is 21.8. The highest BCUT2D eigenvalue weighted by Gasteiger charge is 2.14. The number of halogens is 1. The summed E-state index contributed by atoms with van der Waals surface area (Å²) in [6.45, 7) is 8.91. The smallest absolute Gasteiger partial charge is 0.255 e. The van der Waals surface area contributed by atoms with Crippen LogP contribution in [0.4, 0.5) is 5.69 Å². The zero-order valence-corrected chi connectivity index (χ0v) is 18.3. The number of nitrogens with zero attached hydrogens (tertiary/aromatic N) is 3. The van der Waals surface area contributed by atoms with Crippen LogP contribution in [0, 0.1) is 13.8 Å². The van der Waals surface area contributed by atoms with Crippen LogP contribution >= 0.6 is 11.6 Å². The summed E-state index contributed by atoms with van der Waals surface area (Å²) in [5.74, 6) is -0.301. The summed E-state index contributed by atoms with van der Waals surface area (Å²) in [4.78, 5) is 26.9. The number of amides is 2. The number of hydrogen-bond acceptors (Lipinski definition) is 3. The van der Waals surface area contributed by atoms with E-state index in [0.29, 0.717) is 34.9 Å². The molecule has 0 saturated carbocycles. The first-order valence-electron chi connectivity index (χ1n) is 9.88. The number of anilines is 1. The van der Waals surface area contributed by atoms with Crippen LogP contribution in [0.5, 0.6) is 0 Å². The molecule has 0 spiro atoms. The summed E-state index contributed by atoms with van der Waals surface area (Å²) in [5.41, 5.74) is 4.06. The second-order valence-electron chi connectivity index (χ2n) is 6.96. The van der Waals surface area contributed by atoms with E-state index in [-0.39, 0.29) is 11.8 Å². The van der Waals surface area contributed by atoms with Gasteiger partial charge in [-0.15, -0.1) is 0 Å². The SMILES string of the molecule is CCN(CC)C(=O)c1cccc(NC(=O)c2ccc(-n3nc(C)c(Cl)c3C)cc2)c1. The van der Waals surface area contributed by atoms with Gasteiger partial charge >= 0.3 is 0 Å². The van der Waals surface area contributed by atoms with Gasteiger partial charge in [-0.3, -0.25) is 9.59 Å². The van der Waals surface area contributed by atoms with Crippen molar-refractivity contribution in [3.63, 3.8) is 0 Å². The van der Waals surface area contributed by atoms with E-state index in [4.69, 9.17) is 11.6 Å². The minimum atomic E-state index is -0.250. The van der Waals surface area contributed by atoms with Crippen LogP contribution in [-0.2, 0) is 0 Å². The lowest BCUT2D eigenvalue weighted by molar-refractivity contribution is 0.0772. The maximum absolute atomic E-state index is 12.7. The van der Waals surface area contributed by atoms with E-state index in [9.17, 15) is 9.59 Å². The number of carbonyl (C=O) groups excluding carboxylic acids is 2. The Morgan fingerprint density at radius 3 is 2.27 bits per heavy atom. The van der Waals surface area contributed by atoms with E-state index in [1.54, 1.807) is 46.0 Å². The third kappa shape index (κ3) is 4.39. The van der Waals surface area contributed by atoms with Crippen molar-refractivity contribution in [3.05, 3.63) is 76.1 Å². The number of aromatic nitrogens is 2. The van der Waals surface area contributed by atoms with Gasteiger partial charge in [-0.25, -0.2) is 4.68 Å². The third-order valence-electron chi connectivity index (χ3n) is 5.00.